The summed E-state index contributed by atoms with van der Waals surface area (Å²) in [6, 6.07) is 38.3. The number of aliphatic hydroxyl groups excluding tert-OH is 2. The topological polar surface area (TPSA) is 333 Å². The van der Waals surface area contributed by atoms with Crippen LogP contribution in [0.1, 0.15) is 194 Å². The number of aromatic nitrogens is 20. The summed E-state index contributed by atoms with van der Waals surface area (Å²) in [5, 5.41) is 35.9. The molecule has 36 heteroatoms. The third-order valence-corrected chi connectivity index (χ3v) is 25.3. The number of aliphatic hydroxyl groups is 2. The maximum atomic E-state index is 12.2. The summed E-state index contributed by atoms with van der Waals surface area (Å²) < 4.78 is 44.3. The number of ether oxygens (including phenoxy) is 1. The highest BCUT2D eigenvalue weighted by Crippen LogP contribution is 2.36. The average molecular weight is 2150 g/mol. The number of aromatic amines is 1. The van der Waals surface area contributed by atoms with E-state index in [2.05, 4.69) is 208 Å². The SMILES string of the molecule is C.CB1OC(C)(C)C(C)(C)O1.CC(=O)c1ccc(C)s1.Cc1ccc(C)nc1.Cc1ccc(CN2CCOCC2)s1.Cc1ccc(CO)nc1.Cc1ccc(Cl)nc1.Cc1ccc(F)nc1.Cc1ccc2cn[nH]c2c1.Cc1cccnc1F.Cc1ccnc(Cl)c1C.Cc1ccncc1C.Cc1ccnn1C.Cc1cnc(CO)nc1.Cc1cnc(Cl)nc1.Cc1cncnc1.Cc1nc(C)c(C)s1.Cc1nn(C)c(C)c1C. The summed E-state index contributed by atoms with van der Waals surface area (Å²) in [4.78, 5) is 72.8. The van der Waals surface area contributed by atoms with Crippen LogP contribution in [0.15, 0.2) is 227 Å². The van der Waals surface area contributed by atoms with Gasteiger partial charge in [-0.15, -0.1) is 34.0 Å². The molecule has 0 atom stereocenters. The van der Waals surface area contributed by atoms with Crippen LogP contribution in [0, 0.1) is 171 Å². The quantitative estimate of drug-likeness (QED) is 0.0623. The molecular weight excluding hydrogens is 2000 g/mol. The van der Waals surface area contributed by atoms with Gasteiger partial charge in [0.1, 0.15) is 23.2 Å². The van der Waals surface area contributed by atoms with Crippen LogP contribution in [-0.4, -0.2) is 165 Å². The van der Waals surface area contributed by atoms with Gasteiger partial charge in [0.05, 0.1) is 69.7 Å². The van der Waals surface area contributed by atoms with Gasteiger partial charge in [0.25, 0.3) is 0 Å². The maximum Gasteiger partial charge on any atom is 0.454 e. The number of Topliss-reactive ketones (excluding diaryl/α,β-unsaturated/α-hetero) is 1. The zero-order chi connectivity index (χ0) is 111. The second-order valence-corrected chi connectivity index (χ2v) is 40.4. The number of benzene rings is 1. The van der Waals surface area contributed by atoms with Crippen molar-refractivity contribution in [2.24, 2.45) is 14.1 Å². The fourth-order valence-electron chi connectivity index (χ4n) is 11.2. The molecule has 17 aromatic rings. The zero-order valence-corrected chi connectivity index (χ0v) is 96.2. The Bertz CT molecular complexity index is 6060. The van der Waals surface area contributed by atoms with Crippen molar-refractivity contribution in [3.8, 4) is 0 Å². The molecule has 19 rings (SSSR count). The molecule has 2 aliphatic rings. The van der Waals surface area contributed by atoms with E-state index in [4.69, 9.17) is 59.1 Å². The fourth-order valence-corrected chi connectivity index (χ4v) is 14.1. The van der Waals surface area contributed by atoms with E-state index in [9.17, 15) is 13.6 Å². The number of nitrogens with zero attached hydrogens (tertiary/aromatic N) is 20. The molecule has 27 nitrogen and oxygen atoms in total. The third-order valence-electron chi connectivity index (χ3n) is 21.4. The number of carbonyl (C=O) groups is 1. The number of pyridine rings is 7. The van der Waals surface area contributed by atoms with Gasteiger partial charge in [0.15, 0.2) is 11.6 Å². The lowest BCUT2D eigenvalue weighted by atomic mass is 9.90. The Kier molecular flexibility index (Phi) is 64.3. The first-order valence-corrected chi connectivity index (χ1v) is 51.1. The number of nitrogens with one attached hydrogen (secondary N) is 1. The molecular formula is C113H151BCl3F2N21O6S3. The van der Waals surface area contributed by atoms with Crippen LogP contribution in [0.3, 0.4) is 0 Å². The van der Waals surface area contributed by atoms with Crippen LogP contribution in [0.5, 0.6) is 0 Å². The van der Waals surface area contributed by atoms with Crippen molar-refractivity contribution < 1.29 is 37.8 Å². The van der Waals surface area contributed by atoms with E-state index in [1.165, 1.54) is 105 Å². The number of rotatable bonds is 5. The molecule has 18 heterocycles. The van der Waals surface area contributed by atoms with Gasteiger partial charge in [-0.1, -0.05) is 73.1 Å². The zero-order valence-electron chi connectivity index (χ0n) is 91.5. The number of thiazole rings is 1. The molecule has 0 amide bonds. The van der Waals surface area contributed by atoms with Crippen molar-refractivity contribution in [3.63, 3.8) is 0 Å². The normalized spacial score (nSPS) is 11.6. The number of thiophene rings is 2. The first-order chi connectivity index (χ1) is 69.9. The van der Waals surface area contributed by atoms with Crippen LogP contribution < -0.4 is 0 Å². The van der Waals surface area contributed by atoms with Crippen molar-refractivity contribution in [3.05, 3.63) is 402 Å². The van der Waals surface area contributed by atoms with Crippen LogP contribution >= 0.6 is 68.8 Å². The molecule has 3 N–H and O–H groups in total. The number of halogens is 5. The lowest BCUT2D eigenvalue weighted by molar-refractivity contribution is 0.00578. The summed E-state index contributed by atoms with van der Waals surface area (Å²) >= 11 is 21.8. The number of H-pyrrole nitrogens is 1. The summed E-state index contributed by atoms with van der Waals surface area (Å²) in [5.74, 6) is -0.170. The average Bonchev–Trinajstić information content (AvgIpc) is 1.64. The number of aryl methyl sites for hydroxylation is 22. The van der Waals surface area contributed by atoms with E-state index in [1.54, 1.807) is 123 Å². The van der Waals surface area contributed by atoms with Gasteiger partial charge in [-0.05, 0) is 363 Å². The second kappa shape index (κ2) is 72.1. The molecule has 0 aliphatic carbocycles. The van der Waals surface area contributed by atoms with Crippen molar-refractivity contribution in [2.75, 3.05) is 26.3 Å². The highest BCUT2D eigenvalue weighted by molar-refractivity contribution is 7.14. The Hall–Kier alpha value is -12.3. The molecule has 0 saturated carbocycles. The first-order valence-electron chi connectivity index (χ1n) is 47.6. The molecule has 0 radical (unpaired) electrons. The van der Waals surface area contributed by atoms with Crippen LogP contribution in [0.25, 0.3) is 10.9 Å². The van der Waals surface area contributed by atoms with E-state index < -0.39 is 5.95 Å². The largest absolute Gasteiger partial charge is 0.454 e. The lowest BCUT2D eigenvalue weighted by Crippen LogP contribution is -2.41. The molecule has 0 bridgehead atoms. The highest BCUT2D eigenvalue weighted by atomic mass is 35.5. The van der Waals surface area contributed by atoms with Gasteiger partial charge < -0.3 is 24.3 Å². The fraction of sp³-hybridized carbons (Fsp3) is 0.363. The molecule has 0 unspecified atom stereocenters. The van der Waals surface area contributed by atoms with Crippen molar-refractivity contribution >= 4 is 92.6 Å². The Morgan fingerprint density at radius 1 is 0.490 bits per heavy atom. The van der Waals surface area contributed by atoms with Gasteiger partial charge in [-0.25, -0.2) is 54.8 Å². The minimum absolute atomic E-state index is 0. The number of hydrogen-bond acceptors (Lipinski definition) is 27. The van der Waals surface area contributed by atoms with Crippen LogP contribution in [0.2, 0.25) is 22.4 Å². The molecule has 800 valence electrons. The molecule has 2 saturated heterocycles. The minimum atomic E-state index is -0.421. The van der Waals surface area contributed by atoms with Crippen molar-refractivity contribution in [1.29, 1.82) is 0 Å². The summed E-state index contributed by atoms with van der Waals surface area (Å²) in [7, 11) is 3.83. The molecule has 16 aromatic heterocycles. The Labute approximate surface area is 909 Å². The van der Waals surface area contributed by atoms with E-state index in [0.29, 0.717) is 27.0 Å². The summed E-state index contributed by atoms with van der Waals surface area (Å²) in [5.41, 5.74) is 22.9. The van der Waals surface area contributed by atoms with Gasteiger partial charge in [-0.3, -0.25) is 39.1 Å². The Balaban J connectivity index is 0.000000536. The molecule has 0 spiro atoms. The molecule has 2 fully saturated rings. The predicted molar refractivity (Wildman–Crippen MR) is 610 cm³/mol. The van der Waals surface area contributed by atoms with Gasteiger partial charge >= 0.3 is 7.12 Å². The van der Waals surface area contributed by atoms with E-state index in [0.717, 1.165) is 99.3 Å². The number of fused-ring (bicyclic) bond motifs is 1. The number of morpholine rings is 1. The monoisotopic (exact) mass is 2150 g/mol. The number of hydrogen-bond donors (Lipinski definition) is 3. The smallest absolute Gasteiger partial charge is 0.403 e. The minimum Gasteiger partial charge on any atom is -0.403 e. The third kappa shape index (κ3) is 57.3. The van der Waals surface area contributed by atoms with Crippen molar-refractivity contribution in [2.45, 2.75) is 239 Å². The van der Waals surface area contributed by atoms with E-state index in [1.807, 2.05) is 225 Å². The van der Waals surface area contributed by atoms with E-state index in [-0.39, 0.29) is 50.7 Å². The van der Waals surface area contributed by atoms with Gasteiger partial charge in [0, 0.05) is 174 Å². The maximum absolute atomic E-state index is 12.2. The lowest BCUT2D eigenvalue weighted by Gasteiger charge is -2.32. The van der Waals surface area contributed by atoms with Crippen molar-refractivity contribution in [1.82, 2.24) is 104 Å². The molecule has 2 aliphatic heterocycles. The van der Waals surface area contributed by atoms with Crippen LogP contribution in [0.4, 0.5) is 8.78 Å². The number of carbonyl (C=O) groups excluding carboxylic acids is 1. The van der Waals surface area contributed by atoms with E-state index >= 15 is 0 Å². The number of ketones is 1. The summed E-state index contributed by atoms with van der Waals surface area (Å²) in [6.45, 7) is 62.7. The Morgan fingerprint density at radius 3 is 1.38 bits per heavy atom. The Morgan fingerprint density at radius 2 is 1.04 bits per heavy atom. The summed E-state index contributed by atoms with van der Waals surface area (Å²) in [6.07, 6.45) is 29.1. The molecule has 1 aromatic carbocycles. The molecule has 149 heavy (non-hydrogen) atoms. The van der Waals surface area contributed by atoms with Gasteiger partial charge in [-0.2, -0.15) is 24.1 Å². The highest BCUT2D eigenvalue weighted by Gasteiger charge is 2.48. The van der Waals surface area contributed by atoms with Crippen LogP contribution in [-0.2, 0) is 47.9 Å². The second-order valence-electron chi connectivity index (χ2n) is 35.2. The predicted octanol–water partition coefficient (Wildman–Crippen LogP) is 26.7. The standard InChI is InChI=1S/C10H15NOS.C8H8N2.C7H15BO2.C7H8ClN.C7H12N2.C7H9NO.2C7H9N.C7H8OS.C6H6ClN.2C6H6FN.C6H8N2O.C6H9NS.C5H5ClN2.C5H6N2.C5H8N2.CH4/c1-9-2-3-10(13-9)8-11-4-6-12-7-5-11;1-6-2-3-7-5-9-10-8(7)4-6;1-6(2)7(3,4)10-8(5)9-6;1-5-3-4-9-7(8)6(5)2;1-5-6(2)8-9(4)7(5)3;1-6-2-3-7(5-9)8-4-6;1-6-3-4-8-5-7(6)2;1-6-3-4-7(2)8-5-6;1-5-3-4-7(9-5)6(2)8;2*1-5-2-3-6(7)8-4-5;1-5-3-2-4-8-6(5)7;1-5-2-7-6(4-9)8-3-5;1-4-5(2)8-6(3)7-4;1-4-2-7-5(6)8-3-4;1-5-2-6-4-7-3-5;1-5-3-4-6-7(5)2;/h2-3H,4-8H2,1H3;2-5H,1H3,(H,9,10);1-5H3;3-4H,1-2H3;1-4H3;2-4,9H,5H2,1H3;2*3-5H,1-2H3;3-4H,1-2H3;3*2-4H,1H3;2-3,9H,4H2,1H3;1-3H3;2-3H,1H3;2-4H,1H3;3-4H,1-2H3;1H4. The first kappa shape index (κ1) is 133. The van der Waals surface area contributed by atoms with Gasteiger partial charge in [0.2, 0.25) is 17.2 Å².